The van der Waals surface area contributed by atoms with E-state index in [9.17, 15) is 4.39 Å². The first-order valence-electron chi connectivity index (χ1n) is 6.42. The highest BCUT2D eigenvalue weighted by molar-refractivity contribution is 5.84. The zero-order valence-electron chi connectivity index (χ0n) is 10.5. The Morgan fingerprint density at radius 3 is 3.06 bits per heavy atom. The summed E-state index contributed by atoms with van der Waals surface area (Å²) < 4.78 is 15.7. The summed E-state index contributed by atoms with van der Waals surface area (Å²) in [6, 6.07) is 5.75. The molecule has 1 unspecified atom stereocenters. The maximum absolute atomic E-state index is 13.8. The number of para-hydroxylation sites is 1. The van der Waals surface area contributed by atoms with Gasteiger partial charge in [0.25, 0.3) is 0 Å². The molecule has 18 heavy (non-hydrogen) atoms. The van der Waals surface area contributed by atoms with Crippen LogP contribution in [0.1, 0.15) is 5.56 Å². The van der Waals surface area contributed by atoms with Crippen molar-refractivity contribution in [3.63, 3.8) is 0 Å². The standard InChI is InChI=1S/C14H18FN3/c1-18-9-10(7-11-8-16-5-6-17-11)12-3-2-4-13(15)14(12)18/h2-4,9,11,16-17H,5-8H2,1H3. The van der Waals surface area contributed by atoms with E-state index in [2.05, 4.69) is 10.6 Å². The lowest BCUT2D eigenvalue weighted by molar-refractivity contribution is 0.417. The van der Waals surface area contributed by atoms with E-state index in [4.69, 9.17) is 0 Å². The molecule has 2 N–H and O–H groups in total. The molecule has 0 bridgehead atoms. The van der Waals surface area contributed by atoms with Gasteiger partial charge in [0.15, 0.2) is 0 Å². The van der Waals surface area contributed by atoms with Crippen molar-refractivity contribution in [1.82, 2.24) is 15.2 Å². The third-order valence-electron chi connectivity index (χ3n) is 3.63. The van der Waals surface area contributed by atoms with Crippen LogP contribution in [0.3, 0.4) is 0 Å². The number of halogens is 1. The number of hydrogen-bond acceptors (Lipinski definition) is 2. The van der Waals surface area contributed by atoms with Gasteiger partial charge in [-0.05, 0) is 18.1 Å². The molecule has 0 saturated carbocycles. The molecule has 3 nitrogen and oxygen atoms in total. The number of piperazine rings is 1. The van der Waals surface area contributed by atoms with Gasteiger partial charge < -0.3 is 15.2 Å². The number of hydrogen-bond donors (Lipinski definition) is 2. The lowest BCUT2D eigenvalue weighted by Crippen LogP contribution is -2.49. The van der Waals surface area contributed by atoms with E-state index >= 15 is 0 Å². The number of rotatable bonds is 2. The first-order valence-corrected chi connectivity index (χ1v) is 6.42. The van der Waals surface area contributed by atoms with Gasteiger partial charge in [-0.1, -0.05) is 12.1 Å². The minimum absolute atomic E-state index is 0.143. The molecule has 1 aromatic heterocycles. The highest BCUT2D eigenvalue weighted by atomic mass is 19.1. The van der Waals surface area contributed by atoms with Gasteiger partial charge in [0.2, 0.25) is 0 Å². The predicted octanol–water partition coefficient (Wildman–Crippen LogP) is 1.42. The van der Waals surface area contributed by atoms with Crippen molar-refractivity contribution >= 4 is 10.9 Å². The summed E-state index contributed by atoms with van der Waals surface area (Å²) in [6.45, 7) is 3.01. The van der Waals surface area contributed by atoms with Crippen LogP contribution in [-0.2, 0) is 13.5 Å². The smallest absolute Gasteiger partial charge is 0.147 e. The van der Waals surface area contributed by atoms with Gasteiger partial charge in [0.05, 0.1) is 5.52 Å². The molecule has 1 fully saturated rings. The van der Waals surface area contributed by atoms with Crippen molar-refractivity contribution in [2.45, 2.75) is 12.5 Å². The molecular formula is C14H18FN3. The van der Waals surface area contributed by atoms with Crippen LogP contribution in [0.15, 0.2) is 24.4 Å². The fourth-order valence-corrected chi connectivity index (χ4v) is 2.79. The summed E-state index contributed by atoms with van der Waals surface area (Å²) >= 11 is 0. The van der Waals surface area contributed by atoms with Gasteiger partial charge in [0.1, 0.15) is 5.82 Å². The minimum Gasteiger partial charge on any atom is -0.348 e. The van der Waals surface area contributed by atoms with Gasteiger partial charge in [-0.2, -0.15) is 0 Å². The molecule has 1 aromatic carbocycles. The molecule has 4 heteroatoms. The van der Waals surface area contributed by atoms with Gasteiger partial charge >= 0.3 is 0 Å². The summed E-state index contributed by atoms with van der Waals surface area (Å²) in [4.78, 5) is 0. The number of nitrogens with one attached hydrogen (secondary N) is 2. The van der Waals surface area contributed by atoms with Crippen LogP contribution in [0.2, 0.25) is 0 Å². The maximum Gasteiger partial charge on any atom is 0.147 e. The average Bonchev–Trinajstić information content (AvgIpc) is 2.69. The molecule has 0 spiro atoms. The Morgan fingerprint density at radius 2 is 2.28 bits per heavy atom. The Hall–Kier alpha value is -1.39. The second kappa shape index (κ2) is 4.71. The molecule has 1 atom stereocenters. The Morgan fingerprint density at radius 1 is 1.39 bits per heavy atom. The summed E-state index contributed by atoms with van der Waals surface area (Å²) in [5, 5.41) is 7.90. The van der Waals surface area contributed by atoms with Crippen LogP contribution in [-0.4, -0.2) is 30.2 Å². The molecule has 0 radical (unpaired) electrons. The Bertz CT molecular complexity index is 555. The van der Waals surface area contributed by atoms with Crippen LogP contribution >= 0.6 is 0 Å². The van der Waals surface area contributed by atoms with Crippen LogP contribution in [0, 0.1) is 5.82 Å². The van der Waals surface area contributed by atoms with Crippen molar-refractivity contribution in [3.8, 4) is 0 Å². The molecule has 2 heterocycles. The average molecular weight is 247 g/mol. The first kappa shape index (κ1) is 11.7. The van der Waals surface area contributed by atoms with Crippen LogP contribution in [0.4, 0.5) is 4.39 Å². The van der Waals surface area contributed by atoms with Crippen molar-refractivity contribution in [2.24, 2.45) is 7.05 Å². The third-order valence-corrected chi connectivity index (χ3v) is 3.63. The van der Waals surface area contributed by atoms with Crippen molar-refractivity contribution in [3.05, 3.63) is 35.8 Å². The Kier molecular flexibility index (Phi) is 3.06. The highest BCUT2D eigenvalue weighted by Gasteiger charge is 2.16. The Labute approximate surface area is 106 Å². The molecule has 0 amide bonds. The monoisotopic (exact) mass is 247 g/mol. The van der Waals surface area contributed by atoms with Crippen LogP contribution in [0.5, 0.6) is 0 Å². The topological polar surface area (TPSA) is 29.0 Å². The van der Waals surface area contributed by atoms with Crippen molar-refractivity contribution in [2.75, 3.05) is 19.6 Å². The lowest BCUT2D eigenvalue weighted by atomic mass is 10.0. The fraction of sp³-hybridized carbons (Fsp3) is 0.429. The summed E-state index contributed by atoms with van der Waals surface area (Å²) in [7, 11) is 1.90. The molecule has 1 aliphatic rings. The highest BCUT2D eigenvalue weighted by Crippen LogP contribution is 2.24. The van der Waals surface area contributed by atoms with Gasteiger partial charge in [-0.15, -0.1) is 0 Å². The SMILES string of the molecule is Cn1cc(CC2CNCCN2)c2cccc(F)c21. The maximum atomic E-state index is 13.8. The first-order chi connectivity index (χ1) is 8.75. The van der Waals surface area contributed by atoms with Crippen LogP contribution < -0.4 is 10.6 Å². The van der Waals surface area contributed by atoms with E-state index in [1.165, 1.54) is 11.6 Å². The van der Waals surface area contributed by atoms with Gasteiger partial charge in [-0.3, -0.25) is 0 Å². The van der Waals surface area contributed by atoms with E-state index in [-0.39, 0.29) is 5.82 Å². The lowest BCUT2D eigenvalue weighted by Gasteiger charge is -2.24. The van der Waals surface area contributed by atoms with Gasteiger partial charge in [-0.25, -0.2) is 4.39 Å². The number of aromatic nitrogens is 1. The third kappa shape index (κ3) is 2.02. The largest absolute Gasteiger partial charge is 0.348 e. The summed E-state index contributed by atoms with van der Waals surface area (Å²) in [5.74, 6) is -0.143. The Balaban J connectivity index is 1.94. The molecule has 3 rings (SSSR count). The second-order valence-corrected chi connectivity index (χ2v) is 4.96. The van der Waals surface area contributed by atoms with Crippen molar-refractivity contribution < 1.29 is 4.39 Å². The van der Waals surface area contributed by atoms with Gasteiger partial charge in [0, 0.05) is 44.3 Å². The number of benzene rings is 1. The summed E-state index contributed by atoms with van der Waals surface area (Å²) in [6.07, 6.45) is 2.98. The molecule has 2 aromatic rings. The van der Waals surface area contributed by atoms with Crippen molar-refractivity contribution in [1.29, 1.82) is 0 Å². The fourth-order valence-electron chi connectivity index (χ4n) is 2.79. The quantitative estimate of drug-likeness (QED) is 0.840. The second-order valence-electron chi connectivity index (χ2n) is 4.96. The molecule has 1 aliphatic heterocycles. The van der Waals surface area contributed by atoms with E-state index in [0.717, 1.165) is 31.4 Å². The number of fused-ring (bicyclic) bond motifs is 1. The minimum atomic E-state index is -0.143. The molecule has 1 saturated heterocycles. The molecule has 0 aliphatic carbocycles. The zero-order valence-corrected chi connectivity index (χ0v) is 10.5. The van der Waals surface area contributed by atoms with E-state index in [1.807, 2.05) is 23.9 Å². The van der Waals surface area contributed by atoms with Crippen LogP contribution in [0.25, 0.3) is 10.9 Å². The van der Waals surface area contributed by atoms with E-state index in [0.29, 0.717) is 11.6 Å². The van der Waals surface area contributed by atoms with E-state index < -0.39 is 0 Å². The van der Waals surface area contributed by atoms with E-state index in [1.54, 1.807) is 6.07 Å². The normalized spacial score (nSPS) is 20.4. The molecular weight excluding hydrogens is 229 g/mol. The number of aryl methyl sites for hydroxylation is 1. The summed E-state index contributed by atoms with van der Waals surface area (Å²) in [5.41, 5.74) is 1.92. The number of nitrogens with zero attached hydrogens (tertiary/aromatic N) is 1. The zero-order chi connectivity index (χ0) is 12.5. The molecule has 96 valence electrons. The predicted molar refractivity (Wildman–Crippen MR) is 71.2 cm³/mol.